The van der Waals surface area contributed by atoms with Gasteiger partial charge in [-0.2, -0.15) is 46.2 Å². The number of unbranched alkanes of at least 4 members (excludes halogenated alkanes) is 14. The Balaban J connectivity index is 0.000000331. The van der Waals surface area contributed by atoms with Gasteiger partial charge in [0.1, 0.15) is 11.5 Å². The molecule has 6 rings (SSSR count). The highest BCUT2D eigenvalue weighted by Gasteiger charge is 2.08. The van der Waals surface area contributed by atoms with Crippen LogP contribution in [0.1, 0.15) is 136 Å². The molecule has 0 spiro atoms. The molecule has 20 nitrogen and oxygen atoms in total. The van der Waals surface area contributed by atoms with Crippen LogP contribution < -0.4 is 19.3 Å². The summed E-state index contributed by atoms with van der Waals surface area (Å²) >= 11 is 0. The number of aliphatic hydroxyl groups excluding tert-OH is 3. The maximum Gasteiger partial charge on any atom is 0.305 e. The van der Waals surface area contributed by atoms with E-state index in [1.54, 1.807) is 0 Å². The molecule has 0 aliphatic heterocycles. The van der Waals surface area contributed by atoms with E-state index in [9.17, 15) is 24.9 Å². The molecular formula is C71H93N11O9. The Kier molecular flexibility index (Phi) is 37.2. The van der Waals surface area contributed by atoms with E-state index in [-0.39, 0.29) is 31.8 Å². The van der Waals surface area contributed by atoms with E-state index < -0.39 is 0 Å². The third-order valence-corrected chi connectivity index (χ3v) is 14.2. The van der Waals surface area contributed by atoms with Gasteiger partial charge in [0.2, 0.25) is 0 Å². The number of benzene rings is 6. The fraction of sp³-hybridized carbons (Fsp3) is 0.451. The number of carbonyl (C=O) groups is 2. The van der Waals surface area contributed by atoms with Gasteiger partial charge in [0.15, 0.2) is 0 Å². The highest BCUT2D eigenvalue weighted by Crippen LogP contribution is 2.29. The molecule has 0 fully saturated rings. The van der Waals surface area contributed by atoms with Gasteiger partial charge in [-0.25, -0.2) is 0 Å². The van der Waals surface area contributed by atoms with Crippen molar-refractivity contribution in [2.45, 2.75) is 136 Å². The maximum atomic E-state index is 11.1. The van der Waals surface area contributed by atoms with Crippen molar-refractivity contribution in [1.82, 2.24) is 0 Å². The summed E-state index contributed by atoms with van der Waals surface area (Å²) in [5, 5.41) is 71.1. The van der Waals surface area contributed by atoms with E-state index in [0.29, 0.717) is 106 Å². The number of nitrogens with zero attached hydrogens (tertiary/aromatic N) is 11. The van der Waals surface area contributed by atoms with Crippen molar-refractivity contribution in [2.24, 2.45) is 40.9 Å². The van der Waals surface area contributed by atoms with Crippen LogP contribution >= 0.6 is 0 Å². The number of carbonyl (C=O) groups excluding carboxylic acids is 2. The van der Waals surface area contributed by atoms with E-state index in [1.807, 2.05) is 169 Å². The predicted octanol–water partition coefficient (Wildman–Crippen LogP) is 18.4. The third-order valence-electron chi connectivity index (χ3n) is 14.2. The second-order valence-electron chi connectivity index (χ2n) is 21.4. The molecule has 0 aliphatic rings. The van der Waals surface area contributed by atoms with Crippen molar-refractivity contribution in [2.75, 3.05) is 82.2 Å². The number of azo groups is 4. The number of ether oxygens (including phenoxy) is 4. The van der Waals surface area contributed by atoms with Gasteiger partial charge in [-0.3, -0.25) is 9.59 Å². The molecule has 20 heteroatoms. The van der Waals surface area contributed by atoms with Gasteiger partial charge in [-0.15, -0.1) is 0 Å². The van der Waals surface area contributed by atoms with Crippen LogP contribution in [0.25, 0.3) is 0 Å². The number of nitriles is 1. The van der Waals surface area contributed by atoms with E-state index in [2.05, 4.69) is 47.0 Å². The smallest absolute Gasteiger partial charge is 0.305 e. The summed E-state index contributed by atoms with van der Waals surface area (Å²) in [6, 6.07) is 47.1. The van der Waals surface area contributed by atoms with E-state index in [4.69, 9.17) is 24.2 Å². The van der Waals surface area contributed by atoms with Gasteiger partial charge in [0.25, 0.3) is 0 Å². The van der Waals surface area contributed by atoms with Crippen LogP contribution in [0.3, 0.4) is 0 Å². The van der Waals surface area contributed by atoms with Crippen molar-refractivity contribution in [3.05, 3.63) is 146 Å². The summed E-state index contributed by atoms with van der Waals surface area (Å²) in [4.78, 5) is 26.1. The molecule has 486 valence electrons. The summed E-state index contributed by atoms with van der Waals surface area (Å²) in [6.07, 6.45) is 19.5. The lowest BCUT2D eigenvalue weighted by Crippen LogP contribution is -2.29. The van der Waals surface area contributed by atoms with Crippen molar-refractivity contribution in [3.63, 3.8) is 0 Å². The quantitative estimate of drug-likeness (QED) is 0.0183. The van der Waals surface area contributed by atoms with Crippen molar-refractivity contribution in [1.29, 1.82) is 5.26 Å². The molecule has 3 N–H and O–H groups in total. The molecule has 0 aromatic heterocycles. The Morgan fingerprint density at radius 1 is 0.352 bits per heavy atom. The summed E-state index contributed by atoms with van der Waals surface area (Å²) in [5.74, 6) is 1.44. The van der Waals surface area contributed by atoms with E-state index in [1.165, 1.54) is 51.4 Å². The largest absolute Gasteiger partial charge is 0.494 e. The van der Waals surface area contributed by atoms with Crippen molar-refractivity contribution < 1.29 is 43.9 Å². The first-order valence-electron chi connectivity index (χ1n) is 32.3. The molecule has 0 amide bonds. The van der Waals surface area contributed by atoms with Crippen LogP contribution in [0.5, 0.6) is 11.5 Å². The van der Waals surface area contributed by atoms with Crippen molar-refractivity contribution in [3.8, 4) is 17.6 Å². The molecule has 0 atom stereocenters. The summed E-state index contributed by atoms with van der Waals surface area (Å²) in [7, 11) is 0. The molecule has 0 heterocycles. The lowest BCUT2D eigenvalue weighted by Gasteiger charge is -2.22. The molecule has 0 bridgehead atoms. The molecule has 0 saturated carbocycles. The number of esters is 2. The zero-order chi connectivity index (χ0) is 64.6. The van der Waals surface area contributed by atoms with Gasteiger partial charge in [-0.05, 0) is 171 Å². The van der Waals surface area contributed by atoms with Crippen LogP contribution in [-0.2, 0) is 19.1 Å². The number of hydrogen-bond acceptors (Lipinski definition) is 20. The zero-order valence-corrected chi connectivity index (χ0v) is 53.3. The molecule has 0 radical (unpaired) electrons. The summed E-state index contributed by atoms with van der Waals surface area (Å²) in [6.45, 7) is 8.14. The van der Waals surface area contributed by atoms with Crippen LogP contribution in [0.2, 0.25) is 0 Å². The van der Waals surface area contributed by atoms with Crippen LogP contribution in [0.4, 0.5) is 56.9 Å². The number of rotatable bonds is 44. The number of aliphatic hydroxyl groups is 3. The highest BCUT2D eigenvalue weighted by atomic mass is 16.5. The second-order valence-corrected chi connectivity index (χ2v) is 21.4. The van der Waals surface area contributed by atoms with Gasteiger partial charge in [-0.1, -0.05) is 90.9 Å². The van der Waals surface area contributed by atoms with E-state index >= 15 is 0 Å². The minimum absolute atomic E-state index is 0.0183. The Hall–Kier alpha value is -8.77. The minimum Gasteiger partial charge on any atom is -0.494 e. The monoisotopic (exact) mass is 1240 g/mol. The Morgan fingerprint density at radius 2 is 0.582 bits per heavy atom. The Morgan fingerprint density at radius 3 is 0.835 bits per heavy atom. The van der Waals surface area contributed by atoms with Gasteiger partial charge in [0.05, 0.1) is 104 Å². The molecule has 6 aromatic rings. The first-order valence-corrected chi connectivity index (χ1v) is 32.3. The van der Waals surface area contributed by atoms with Crippen LogP contribution in [-0.4, -0.2) is 99.7 Å². The maximum absolute atomic E-state index is 11.1. The fourth-order valence-electron chi connectivity index (χ4n) is 9.08. The third kappa shape index (κ3) is 32.0. The Bertz CT molecular complexity index is 3060. The Labute approximate surface area is 537 Å². The van der Waals surface area contributed by atoms with Gasteiger partial charge < -0.3 is 44.1 Å². The van der Waals surface area contributed by atoms with Crippen LogP contribution in [0, 0.1) is 11.3 Å². The first kappa shape index (κ1) is 73.0. The minimum atomic E-state index is -0.109. The number of hydrogen-bond donors (Lipinski definition) is 3. The number of anilines is 2. The predicted molar refractivity (Wildman–Crippen MR) is 359 cm³/mol. The normalized spacial score (nSPS) is 11.3. The van der Waals surface area contributed by atoms with Crippen LogP contribution in [0.15, 0.2) is 187 Å². The summed E-state index contributed by atoms with van der Waals surface area (Å²) in [5.41, 5.74) is 7.55. The fourth-order valence-corrected chi connectivity index (χ4v) is 9.08. The average molecular weight is 1240 g/mol. The molecule has 6 aromatic carbocycles. The lowest BCUT2D eigenvalue weighted by molar-refractivity contribution is -0.144. The van der Waals surface area contributed by atoms with Crippen molar-refractivity contribution >= 4 is 68.8 Å². The topological polar surface area (TPSA) is 261 Å². The highest BCUT2D eigenvalue weighted by molar-refractivity contribution is 5.69. The van der Waals surface area contributed by atoms with E-state index in [0.717, 1.165) is 85.6 Å². The lowest BCUT2D eigenvalue weighted by atomic mass is 10.1. The first-order chi connectivity index (χ1) is 44.7. The second kappa shape index (κ2) is 46.3. The molecule has 0 aliphatic carbocycles. The van der Waals surface area contributed by atoms with Gasteiger partial charge in [0, 0.05) is 50.4 Å². The molecule has 0 unspecified atom stereocenters. The molecule has 0 saturated heterocycles. The average Bonchev–Trinajstić information content (AvgIpc) is 3.79. The SMILES string of the molecule is CCC(=O)OCCCCCCCCCCOc1ccc(N=Nc2ccc(N=Nc3ccc(N(CCO)CCC#N)cc3)cc2)cc1.CCC(=O)OCCCCCCCCCCOc1ccc(N=Nc2ccc(N=Nc3ccc(N(CCO)CCO)cc3)cc2)cc1. The van der Waals surface area contributed by atoms with Gasteiger partial charge >= 0.3 is 11.9 Å². The summed E-state index contributed by atoms with van der Waals surface area (Å²) < 4.78 is 21.9. The molecular weight excluding hydrogens is 1150 g/mol. The zero-order valence-electron chi connectivity index (χ0n) is 53.3. The standard InChI is InChI=1S/C36H46N6O4.C35H47N5O5/c1-2-36(44)46-29-10-8-6-4-3-5-7-9-28-45-35-22-18-33(19-23-35)41-39-31-14-12-30(13-15-31)38-40-32-16-20-34(21-17-32)42(26-27-43)25-11-24-37;1-2-35(43)45-28-10-8-6-4-3-5-7-9-27-44-34-21-17-32(18-22-34)39-37-30-13-11-29(12-14-30)36-38-31-15-19-33(20-16-31)40(23-25-41)24-26-42/h12-23,43H,2-11,25-29H2,1H3;11-22,41-42H,2-10,23-28H2,1H3. The molecule has 91 heavy (non-hydrogen) atoms.